The molecule has 0 aromatic carbocycles. The first-order valence-electron chi connectivity index (χ1n) is 3.46. The van der Waals surface area contributed by atoms with Gasteiger partial charge in [-0.15, -0.1) is 5.10 Å². The number of nitrogens with zero attached hydrogens (tertiary/aromatic N) is 3. The van der Waals surface area contributed by atoms with E-state index >= 15 is 0 Å². The number of alkyl halides is 3. The third kappa shape index (κ3) is 2.53. The molecule has 0 unspecified atom stereocenters. The third-order valence-electron chi connectivity index (χ3n) is 1.41. The summed E-state index contributed by atoms with van der Waals surface area (Å²) < 4.78 is 36.6. The Morgan fingerprint density at radius 1 is 1.57 bits per heavy atom. The number of rotatable bonds is 2. The van der Waals surface area contributed by atoms with Gasteiger partial charge in [-0.25, -0.2) is 4.68 Å². The number of carbonyl (C=O) groups excluding carboxylic acids is 1. The van der Waals surface area contributed by atoms with Gasteiger partial charge in [0.1, 0.15) is 12.1 Å². The van der Waals surface area contributed by atoms with Gasteiger partial charge in [0.05, 0.1) is 0 Å². The zero-order valence-corrected chi connectivity index (χ0v) is 8.55. The van der Waals surface area contributed by atoms with Crippen molar-refractivity contribution in [3.05, 3.63) is 10.3 Å². The Morgan fingerprint density at radius 3 is 2.50 bits per heavy atom. The predicted octanol–water partition coefficient (Wildman–Crippen LogP) is 1.71. The number of hydrogen-bond acceptors (Lipinski definition) is 3. The molecule has 8 heteroatoms. The first-order valence-corrected chi connectivity index (χ1v) is 4.25. The maximum atomic E-state index is 11.9. The lowest BCUT2D eigenvalue weighted by Crippen LogP contribution is -2.17. The minimum absolute atomic E-state index is 0.0225. The highest BCUT2D eigenvalue weighted by Crippen LogP contribution is 2.24. The zero-order valence-electron chi connectivity index (χ0n) is 6.97. The number of aryl methyl sites for hydroxylation is 1. The summed E-state index contributed by atoms with van der Waals surface area (Å²) >= 11 is 2.84. The summed E-state index contributed by atoms with van der Waals surface area (Å²) in [7, 11) is 1.35. The molecule has 78 valence electrons. The van der Waals surface area contributed by atoms with Crippen LogP contribution in [0, 0.1) is 0 Å². The fourth-order valence-corrected chi connectivity index (χ4v) is 1.44. The Bertz CT molecular complexity index is 340. The second kappa shape index (κ2) is 3.68. The van der Waals surface area contributed by atoms with Crippen LogP contribution in [0.3, 0.4) is 0 Å². The zero-order chi connectivity index (χ0) is 10.9. The van der Waals surface area contributed by atoms with Gasteiger partial charge in [0.15, 0.2) is 10.4 Å². The van der Waals surface area contributed by atoms with Gasteiger partial charge in [0, 0.05) is 7.05 Å². The lowest BCUT2D eigenvalue weighted by atomic mass is 10.2. The van der Waals surface area contributed by atoms with E-state index in [0.717, 1.165) is 4.68 Å². The van der Waals surface area contributed by atoms with E-state index in [2.05, 4.69) is 26.2 Å². The molecule has 1 rings (SSSR count). The smallest absolute Gasteiger partial charge is 0.292 e. The van der Waals surface area contributed by atoms with Gasteiger partial charge in [-0.2, -0.15) is 13.2 Å². The lowest BCUT2D eigenvalue weighted by Gasteiger charge is -2.04. The van der Waals surface area contributed by atoms with Gasteiger partial charge in [0.25, 0.3) is 0 Å². The van der Waals surface area contributed by atoms with Crippen molar-refractivity contribution in [2.24, 2.45) is 7.05 Å². The highest BCUT2D eigenvalue weighted by molar-refractivity contribution is 9.10. The quantitative estimate of drug-likeness (QED) is 0.770. The Balaban J connectivity index is 2.90. The molecule has 0 saturated carbocycles. The van der Waals surface area contributed by atoms with Crippen LogP contribution >= 0.6 is 15.9 Å². The Morgan fingerprint density at radius 2 is 2.14 bits per heavy atom. The molecule has 14 heavy (non-hydrogen) atoms. The molecular weight excluding hydrogens is 267 g/mol. The SMILES string of the molecule is Cn1nnc(Br)c1C(=O)CC(F)(F)F. The maximum Gasteiger partial charge on any atom is 0.396 e. The van der Waals surface area contributed by atoms with Crippen LogP contribution in [0.4, 0.5) is 13.2 Å². The number of ketones is 1. The molecule has 0 amide bonds. The molecule has 1 aromatic heterocycles. The molecule has 0 radical (unpaired) electrons. The molecule has 0 spiro atoms. The maximum absolute atomic E-state index is 11.9. The molecule has 1 aromatic rings. The standard InChI is InChI=1S/C6H5BrF3N3O/c1-13-4(5(7)11-12-13)3(14)2-6(8,9)10/h2H2,1H3. The number of halogens is 4. The van der Waals surface area contributed by atoms with E-state index in [-0.39, 0.29) is 10.3 Å². The summed E-state index contributed by atoms with van der Waals surface area (Å²) in [4.78, 5) is 11.1. The normalized spacial score (nSPS) is 11.8. The number of carbonyl (C=O) groups is 1. The van der Waals surface area contributed by atoms with E-state index in [1.807, 2.05) is 0 Å². The van der Waals surface area contributed by atoms with Gasteiger partial charge >= 0.3 is 6.18 Å². The summed E-state index contributed by atoms with van der Waals surface area (Å²) in [5.74, 6) is -1.06. The van der Waals surface area contributed by atoms with Crippen molar-refractivity contribution in [3.8, 4) is 0 Å². The minimum Gasteiger partial charge on any atom is -0.292 e. The van der Waals surface area contributed by atoms with Gasteiger partial charge < -0.3 is 0 Å². The monoisotopic (exact) mass is 271 g/mol. The molecule has 0 aliphatic rings. The summed E-state index contributed by atoms with van der Waals surface area (Å²) in [5, 5.41) is 6.81. The van der Waals surface area contributed by atoms with Crippen LogP contribution < -0.4 is 0 Å². The van der Waals surface area contributed by atoms with Crippen LogP contribution in [0.2, 0.25) is 0 Å². The van der Waals surface area contributed by atoms with Crippen LogP contribution in [0.1, 0.15) is 16.9 Å². The molecule has 0 N–H and O–H groups in total. The lowest BCUT2D eigenvalue weighted by molar-refractivity contribution is -0.125. The van der Waals surface area contributed by atoms with Crippen molar-refractivity contribution >= 4 is 21.7 Å². The van der Waals surface area contributed by atoms with Crippen molar-refractivity contribution in [2.75, 3.05) is 0 Å². The molecule has 0 atom stereocenters. The topological polar surface area (TPSA) is 47.8 Å². The van der Waals surface area contributed by atoms with Crippen LogP contribution in [0.5, 0.6) is 0 Å². The average molecular weight is 272 g/mol. The Kier molecular flexibility index (Phi) is 2.93. The van der Waals surface area contributed by atoms with Gasteiger partial charge in [-0.1, -0.05) is 5.21 Å². The van der Waals surface area contributed by atoms with Crippen LogP contribution in [-0.2, 0) is 7.05 Å². The highest BCUT2D eigenvalue weighted by atomic mass is 79.9. The molecule has 4 nitrogen and oxygen atoms in total. The minimum atomic E-state index is -4.51. The third-order valence-corrected chi connectivity index (χ3v) is 1.94. The van der Waals surface area contributed by atoms with Crippen LogP contribution in [0.15, 0.2) is 4.60 Å². The highest BCUT2D eigenvalue weighted by Gasteiger charge is 2.33. The van der Waals surface area contributed by atoms with Crippen molar-refractivity contribution in [1.29, 1.82) is 0 Å². The summed E-state index contributed by atoms with van der Waals surface area (Å²) in [6.07, 6.45) is -6.02. The van der Waals surface area contributed by atoms with E-state index in [4.69, 9.17) is 0 Å². The summed E-state index contributed by atoms with van der Waals surface area (Å²) in [6.45, 7) is 0. The first kappa shape index (κ1) is 11.2. The number of Topliss-reactive ketones (excluding diaryl/α,β-unsaturated/α-hetero) is 1. The van der Waals surface area contributed by atoms with Gasteiger partial charge in [-0.3, -0.25) is 4.79 Å². The first-order chi connectivity index (χ1) is 6.31. The molecule has 0 fully saturated rings. The molecule has 1 heterocycles. The van der Waals surface area contributed by atoms with Crippen LogP contribution in [0.25, 0.3) is 0 Å². The number of hydrogen-bond donors (Lipinski definition) is 0. The van der Waals surface area contributed by atoms with Gasteiger partial charge in [-0.05, 0) is 15.9 Å². The summed E-state index contributed by atoms with van der Waals surface area (Å²) in [5.41, 5.74) is -0.178. The van der Waals surface area contributed by atoms with E-state index in [1.165, 1.54) is 7.05 Å². The van der Waals surface area contributed by atoms with E-state index in [0.29, 0.717) is 0 Å². The predicted molar refractivity (Wildman–Crippen MR) is 43.7 cm³/mol. The fraction of sp³-hybridized carbons (Fsp3) is 0.500. The number of aromatic nitrogens is 3. The van der Waals surface area contributed by atoms with Crippen LogP contribution in [-0.4, -0.2) is 27.0 Å². The molecular formula is C6H5BrF3N3O. The van der Waals surface area contributed by atoms with E-state index < -0.39 is 18.4 Å². The molecule has 0 bridgehead atoms. The van der Waals surface area contributed by atoms with E-state index in [1.54, 1.807) is 0 Å². The Hall–Kier alpha value is -0.920. The molecule has 0 saturated heterocycles. The Labute approximate surface area is 85.2 Å². The van der Waals surface area contributed by atoms with Crippen molar-refractivity contribution in [2.45, 2.75) is 12.6 Å². The molecule has 0 aliphatic carbocycles. The van der Waals surface area contributed by atoms with E-state index in [9.17, 15) is 18.0 Å². The second-order valence-electron chi connectivity index (χ2n) is 2.57. The fourth-order valence-electron chi connectivity index (χ4n) is 0.893. The van der Waals surface area contributed by atoms with Crippen molar-refractivity contribution < 1.29 is 18.0 Å². The second-order valence-corrected chi connectivity index (χ2v) is 3.32. The van der Waals surface area contributed by atoms with Crippen molar-refractivity contribution in [1.82, 2.24) is 15.0 Å². The largest absolute Gasteiger partial charge is 0.396 e. The summed E-state index contributed by atoms with van der Waals surface area (Å²) in [6, 6.07) is 0. The van der Waals surface area contributed by atoms with Crippen molar-refractivity contribution in [3.63, 3.8) is 0 Å². The van der Waals surface area contributed by atoms with Gasteiger partial charge in [0.2, 0.25) is 0 Å². The average Bonchev–Trinajstić information content (AvgIpc) is 2.27. The molecule has 0 aliphatic heterocycles.